The Hall–Kier alpha value is -2.27. The van der Waals surface area contributed by atoms with Gasteiger partial charge in [0.2, 0.25) is 5.82 Å². The van der Waals surface area contributed by atoms with Crippen LogP contribution < -0.4 is 0 Å². The molecule has 0 aliphatic rings. The van der Waals surface area contributed by atoms with Crippen LogP contribution in [0.2, 0.25) is 0 Å². The summed E-state index contributed by atoms with van der Waals surface area (Å²) in [5, 5.41) is 21.9. The Morgan fingerprint density at radius 2 is 1.59 bits per heavy atom. The van der Waals surface area contributed by atoms with Crippen LogP contribution in [-0.4, -0.2) is 80.6 Å². The van der Waals surface area contributed by atoms with Crippen LogP contribution in [0.4, 0.5) is 5.69 Å². The third-order valence-electron chi connectivity index (χ3n) is 3.47. The fourth-order valence-electron chi connectivity index (χ4n) is 2.20. The van der Waals surface area contributed by atoms with E-state index in [-0.39, 0.29) is 52.3 Å². The molecule has 0 bridgehead atoms. The molecule has 3 rings (SSSR count). The molecule has 0 radical (unpaired) electrons. The summed E-state index contributed by atoms with van der Waals surface area (Å²) in [5.74, 6) is -0.284. The fourth-order valence-corrected chi connectivity index (χ4v) is 3.50. The zero-order valence-corrected chi connectivity index (χ0v) is 15.1. The van der Waals surface area contributed by atoms with Gasteiger partial charge in [0.05, 0.1) is 15.5 Å². The van der Waals surface area contributed by atoms with Crippen molar-refractivity contribution in [1.29, 1.82) is 0 Å². The molecule has 0 atom stereocenters. The van der Waals surface area contributed by atoms with Crippen molar-refractivity contribution < 1.29 is 30.9 Å². The van der Waals surface area contributed by atoms with Gasteiger partial charge in [-0.25, -0.2) is 0 Å². The van der Waals surface area contributed by atoms with E-state index in [2.05, 4.69) is 15.4 Å². The second-order valence-electron chi connectivity index (χ2n) is 5.28. The van der Waals surface area contributed by atoms with E-state index in [1.807, 2.05) is 0 Å². The van der Waals surface area contributed by atoms with Crippen molar-refractivity contribution in [2.45, 2.75) is 9.79 Å². The van der Waals surface area contributed by atoms with E-state index in [4.69, 9.17) is 4.55 Å². The standard InChI is InChI=1S/C13H9N5O8S2.Na.H/c19-18(20)9-3-1-8(2-4-9)17-15-13(14-16-17)11-6-5-10(27(21,22)23)7-12(11)28(24,25)26;;/h1-7H,(H,21,22,23)(H,24,25,26);;. The second kappa shape index (κ2) is 8.23. The molecular formula is C13H10N5NaO8S2. The number of nitro groups is 1. The molecule has 29 heavy (non-hydrogen) atoms. The predicted molar refractivity (Wildman–Crippen MR) is 98.0 cm³/mol. The third-order valence-corrected chi connectivity index (χ3v) is 5.22. The van der Waals surface area contributed by atoms with Gasteiger partial charge in [0, 0.05) is 17.7 Å². The van der Waals surface area contributed by atoms with Crippen LogP contribution in [0.3, 0.4) is 0 Å². The molecule has 1 heterocycles. The average Bonchev–Trinajstić information content (AvgIpc) is 3.09. The topological polar surface area (TPSA) is 195 Å². The third kappa shape index (κ3) is 5.02. The molecule has 16 heteroatoms. The maximum atomic E-state index is 11.6. The van der Waals surface area contributed by atoms with Crippen LogP contribution in [-0.2, 0) is 20.2 Å². The number of aromatic nitrogens is 4. The van der Waals surface area contributed by atoms with E-state index >= 15 is 0 Å². The number of nitrogens with zero attached hydrogens (tertiary/aromatic N) is 5. The summed E-state index contributed by atoms with van der Waals surface area (Å²) in [5.41, 5.74) is -0.172. The molecule has 0 aliphatic heterocycles. The van der Waals surface area contributed by atoms with Crippen LogP contribution in [0.15, 0.2) is 52.3 Å². The molecular weight excluding hydrogens is 441 g/mol. The van der Waals surface area contributed by atoms with Crippen LogP contribution in [0, 0.1) is 10.1 Å². The van der Waals surface area contributed by atoms with Crippen molar-refractivity contribution in [1.82, 2.24) is 20.2 Å². The van der Waals surface area contributed by atoms with E-state index in [1.165, 1.54) is 24.3 Å². The molecule has 2 aromatic carbocycles. The summed E-state index contributed by atoms with van der Waals surface area (Å²) in [7, 11) is -9.63. The van der Waals surface area contributed by atoms with E-state index in [0.29, 0.717) is 6.07 Å². The molecule has 0 fully saturated rings. The van der Waals surface area contributed by atoms with Crippen molar-refractivity contribution in [2.24, 2.45) is 0 Å². The van der Waals surface area contributed by atoms with E-state index in [1.54, 1.807) is 0 Å². The molecule has 3 aromatic rings. The first kappa shape index (κ1) is 23.0. The summed E-state index contributed by atoms with van der Waals surface area (Å²) < 4.78 is 64.1. The summed E-state index contributed by atoms with van der Waals surface area (Å²) in [6.07, 6.45) is 0. The van der Waals surface area contributed by atoms with E-state index in [0.717, 1.165) is 16.9 Å². The summed E-state index contributed by atoms with van der Waals surface area (Å²) in [6, 6.07) is 7.47. The number of tetrazole rings is 1. The second-order valence-corrected chi connectivity index (χ2v) is 8.10. The normalized spacial score (nSPS) is 11.7. The van der Waals surface area contributed by atoms with Gasteiger partial charge in [0.25, 0.3) is 25.9 Å². The van der Waals surface area contributed by atoms with Crippen LogP contribution in [0.1, 0.15) is 0 Å². The van der Waals surface area contributed by atoms with Crippen molar-refractivity contribution >= 4 is 55.5 Å². The van der Waals surface area contributed by atoms with Gasteiger partial charge in [-0.15, -0.1) is 15.0 Å². The Bertz CT molecular complexity index is 1290. The first-order chi connectivity index (χ1) is 13.0. The van der Waals surface area contributed by atoms with E-state index < -0.39 is 35.0 Å². The molecule has 0 aliphatic carbocycles. The number of non-ortho nitro benzene ring substituents is 1. The van der Waals surface area contributed by atoms with Gasteiger partial charge in [-0.2, -0.15) is 16.8 Å². The predicted octanol–water partition coefficient (Wildman–Crippen LogP) is 0.0824. The minimum atomic E-state index is -4.90. The van der Waals surface area contributed by atoms with Crippen LogP contribution >= 0.6 is 0 Å². The van der Waals surface area contributed by atoms with Crippen molar-refractivity contribution in [3.63, 3.8) is 0 Å². The van der Waals surface area contributed by atoms with E-state index in [9.17, 15) is 31.5 Å². The molecule has 0 amide bonds. The van der Waals surface area contributed by atoms with Crippen molar-refractivity contribution in [2.75, 3.05) is 0 Å². The Balaban J connectivity index is 0.00000300. The Morgan fingerprint density at radius 1 is 0.966 bits per heavy atom. The molecule has 148 valence electrons. The van der Waals surface area contributed by atoms with Crippen molar-refractivity contribution in [3.8, 4) is 17.1 Å². The summed E-state index contributed by atoms with van der Waals surface area (Å²) in [6.45, 7) is 0. The van der Waals surface area contributed by atoms with Gasteiger partial charge >= 0.3 is 29.6 Å². The van der Waals surface area contributed by atoms with Gasteiger partial charge in [0.1, 0.15) is 4.90 Å². The number of hydrogen-bond donors (Lipinski definition) is 2. The SMILES string of the molecule is O=[N+]([O-])c1ccc(-n2nnc(-c3ccc(S(=O)(=O)O)cc3S(=O)(=O)O)n2)cc1.[NaH]. The zero-order valence-electron chi connectivity index (χ0n) is 13.4. The Morgan fingerprint density at radius 3 is 2.10 bits per heavy atom. The molecule has 0 unspecified atom stereocenters. The quantitative estimate of drug-likeness (QED) is 0.231. The van der Waals surface area contributed by atoms with Gasteiger partial charge < -0.3 is 0 Å². The summed E-state index contributed by atoms with van der Waals surface area (Å²) >= 11 is 0. The minimum absolute atomic E-state index is 0. The first-order valence-corrected chi connectivity index (χ1v) is 9.99. The molecule has 0 saturated carbocycles. The molecule has 0 spiro atoms. The zero-order chi connectivity index (χ0) is 20.7. The number of hydrogen-bond acceptors (Lipinski definition) is 9. The Kier molecular flexibility index (Phi) is 6.53. The van der Waals surface area contributed by atoms with Gasteiger partial charge in [-0.05, 0) is 35.5 Å². The monoisotopic (exact) mass is 451 g/mol. The molecule has 2 N–H and O–H groups in total. The van der Waals surface area contributed by atoms with Crippen LogP contribution in [0.25, 0.3) is 17.1 Å². The van der Waals surface area contributed by atoms with Gasteiger partial charge in [-0.1, -0.05) is 0 Å². The summed E-state index contributed by atoms with van der Waals surface area (Å²) in [4.78, 5) is 9.42. The number of rotatable bonds is 5. The maximum absolute atomic E-state index is 11.6. The fraction of sp³-hybridized carbons (Fsp3) is 0. The first-order valence-electron chi connectivity index (χ1n) is 7.11. The van der Waals surface area contributed by atoms with Gasteiger partial charge in [0.15, 0.2) is 0 Å². The molecule has 13 nitrogen and oxygen atoms in total. The van der Waals surface area contributed by atoms with Crippen LogP contribution in [0.5, 0.6) is 0 Å². The van der Waals surface area contributed by atoms with Crippen molar-refractivity contribution in [3.05, 3.63) is 52.6 Å². The molecule has 1 aromatic heterocycles. The number of nitro benzene ring substituents is 1. The average molecular weight is 451 g/mol. The molecule has 0 saturated heterocycles. The van der Waals surface area contributed by atoms with Gasteiger partial charge in [-0.3, -0.25) is 19.2 Å². The number of benzene rings is 2. The Labute approximate surface area is 185 Å².